The topological polar surface area (TPSA) is 0 Å². The third-order valence-electron chi connectivity index (χ3n) is 5.25. The van der Waals surface area contributed by atoms with Gasteiger partial charge in [0.15, 0.2) is 0 Å². The molecule has 2 atom stereocenters. The zero-order chi connectivity index (χ0) is 14.5. The summed E-state index contributed by atoms with van der Waals surface area (Å²) in [4.78, 5) is 0. The third-order valence-corrected chi connectivity index (χ3v) is 14.4. The third kappa shape index (κ3) is 2.22. The Morgan fingerprint density at radius 2 is 1.05 bits per heavy atom. The van der Waals surface area contributed by atoms with Crippen LogP contribution in [-0.2, 0) is 0 Å². The molecule has 0 spiro atoms. The Hall–Kier alpha value is -0.497. The molecule has 0 fully saturated rings. The van der Waals surface area contributed by atoms with E-state index in [4.69, 9.17) is 0 Å². The first kappa shape index (κ1) is 14.9. The van der Waals surface area contributed by atoms with Gasteiger partial charge in [-0.15, -0.1) is 0 Å². The van der Waals surface area contributed by atoms with E-state index in [1.165, 1.54) is 11.1 Å². The molecule has 2 aliphatic rings. The molecule has 0 amide bonds. The Morgan fingerprint density at radius 3 is 1.26 bits per heavy atom. The zero-order valence-electron chi connectivity index (χ0n) is 13.8. The molecular weight excluding hydrogens is 289 g/mol. The fourth-order valence-corrected chi connectivity index (χ4v) is 15.0. The first-order valence-electron chi connectivity index (χ1n) is 7.48. The second-order valence-corrected chi connectivity index (χ2v) is 16.1. The summed E-state index contributed by atoms with van der Waals surface area (Å²) in [6, 6.07) is 0. The summed E-state index contributed by atoms with van der Waals surface area (Å²) in [5, 5.41) is 0. The Kier molecular flexibility index (Phi) is 3.77. The van der Waals surface area contributed by atoms with Gasteiger partial charge in [-0.3, -0.25) is 0 Å². The first-order chi connectivity index (χ1) is 8.67. The minimum absolute atomic E-state index is 0.656. The SMILES string of the molecule is CC1=CC(C)[C]([Ge]([CH3])([CH3])[C]2=C(C)C(C)=CC2C)=C1C. The van der Waals surface area contributed by atoms with Gasteiger partial charge in [-0.2, -0.15) is 0 Å². The summed E-state index contributed by atoms with van der Waals surface area (Å²) in [7, 11) is 0. The summed E-state index contributed by atoms with van der Waals surface area (Å²) in [6.45, 7) is 14.0. The molecule has 0 saturated carbocycles. The van der Waals surface area contributed by atoms with E-state index >= 15 is 0 Å². The molecule has 0 bridgehead atoms. The van der Waals surface area contributed by atoms with Gasteiger partial charge in [-0.25, -0.2) is 0 Å². The Morgan fingerprint density at radius 1 is 0.737 bits per heavy atom. The van der Waals surface area contributed by atoms with Gasteiger partial charge in [0.05, 0.1) is 0 Å². The van der Waals surface area contributed by atoms with Crippen LogP contribution in [0.5, 0.6) is 0 Å². The summed E-state index contributed by atoms with van der Waals surface area (Å²) in [5.74, 6) is 6.51. The van der Waals surface area contributed by atoms with E-state index in [1.807, 2.05) is 8.81 Å². The molecule has 0 aromatic rings. The molecular formula is C18H28Ge. The van der Waals surface area contributed by atoms with Crippen LogP contribution >= 0.6 is 0 Å². The van der Waals surface area contributed by atoms with Gasteiger partial charge in [0.2, 0.25) is 0 Å². The number of hydrogen-bond donors (Lipinski definition) is 0. The molecule has 0 radical (unpaired) electrons. The summed E-state index contributed by atoms with van der Waals surface area (Å²) >= 11 is -2.11. The molecule has 0 aliphatic heterocycles. The molecule has 1 heteroatoms. The normalized spacial score (nSPS) is 28.2. The molecule has 0 N–H and O–H groups in total. The van der Waals surface area contributed by atoms with Crippen molar-refractivity contribution in [2.45, 2.75) is 53.1 Å². The van der Waals surface area contributed by atoms with Crippen molar-refractivity contribution >= 4 is 13.3 Å². The monoisotopic (exact) mass is 318 g/mol. The van der Waals surface area contributed by atoms with E-state index in [2.05, 4.69) is 65.2 Å². The molecule has 2 aliphatic carbocycles. The van der Waals surface area contributed by atoms with E-state index in [0.29, 0.717) is 11.8 Å². The standard InChI is InChI=1S/C18H28Ge/c1-11-9-13(3)17(15(11)5)19(7,8)18-14(4)10-12(2)16(18)6/h9-10,13-14H,1-8H3. The fourth-order valence-electron chi connectivity index (χ4n) is 4.50. The van der Waals surface area contributed by atoms with Crippen molar-refractivity contribution in [2.75, 3.05) is 0 Å². The maximum atomic E-state index is 2.60. The van der Waals surface area contributed by atoms with Crippen LogP contribution in [0.25, 0.3) is 0 Å². The molecule has 0 saturated heterocycles. The van der Waals surface area contributed by atoms with Crippen molar-refractivity contribution in [2.24, 2.45) is 11.8 Å². The van der Waals surface area contributed by atoms with Crippen LogP contribution in [0.2, 0.25) is 11.5 Å². The van der Waals surface area contributed by atoms with Crippen LogP contribution in [0.4, 0.5) is 0 Å². The Bertz CT molecular complexity index is 490. The number of allylic oxidation sites excluding steroid dienone is 8. The number of rotatable bonds is 2. The summed E-state index contributed by atoms with van der Waals surface area (Å²) in [6.07, 6.45) is 4.93. The Balaban J connectivity index is 2.52. The first-order valence-corrected chi connectivity index (χ1v) is 13.8. The van der Waals surface area contributed by atoms with Crippen molar-refractivity contribution in [1.82, 2.24) is 0 Å². The van der Waals surface area contributed by atoms with E-state index in [-0.39, 0.29) is 0 Å². The van der Waals surface area contributed by atoms with E-state index in [9.17, 15) is 0 Å². The van der Waals surface area contributed by atoms with Gasteiger partial charge in [0.25, 0.3) is 0 Å². The predicted octanol–water partition coefficient (Wildman–Crippen LogP) is 5.60. The van der Waals surface area contributed by atoms with Crippen LogP contribution in [0.3, 0.4) is 0 Å². The van der Waals surface area contributed by atoms with Gasteiger partial charge in [-0.1, -0.05) is 0 Å². The summed E-state index contributed by atoms with van der Waals surface area (Å²) in [5.41, 5.74) is 6.20. The molecule has 104 valence electrons. The molecule has 0 aromatic heterocycles. The van der Waals surface area contributed by atoms with Gasteiger partial charge < -0.3 is 0 Å². The molecule has 0 heterocycles. The minimum atomic E-state index is -2.11. The Labute approximate surface area is 121 Å². The van der Waals surface area contributed by atoms with Crippen LogP contribution in [0, 0.1) is 11.8 Å². The van der Waals surface area contributed by atoms with Crippen LogP contribution in [-0.4, -0.2) is 13.3 Å². The van der Waals surface area contributed by atoms with Crippen molar-refractivity contribution in [3.8, 4) is 0 Å². The van der Waals surface area contributed by atoms with E-state index in [0.717, 1.165) is 0 Å². The van der Waals surface area contributed by atoms with Gasteiger partial charge >= 0.3 is 121 Å². The van der Waals surface area contributed by atoms with Crippen LogP contribution in [0.1, 0.15) is 41.5 Å². The fraction of sp³-hybridized carbons (Fsp3) is 0.556. The van der Waals surface area contributed by atoms with Crippen LogP contribution < -0.4 is 0 Å². The molecule has 2 rings (SSSR count). The molecule has 0 nitrogen and oxygen atoms in total. The van der Waals surface area contributed by atoms with Crippen molar-refractivity contribution in [1.29, 1.82) is 0 Å². The quantitative estimate of drug-likeness (QED) is 0.582. The average Bonchev–Trinajstić information content (AvgIpc) is 2.66. The van der Waals surface area contributed by atoms with Crippen molar-refractivity contribution < 1.29 is 0 Å². The summed E-state index contributed by atoms with van der Waals surface area (Å²) < 4.78 is 3.61. The molecule has 0 aromatic carbocycles. The predicted molar refractivity (Wildman–Crippen MR) is 88.7 cm³/mol. The zero-order valence-corrected chi connectivity index (χ0v) is 15.9. The second-order valence-electron chi connectivity index (χ2n) is 6.98. The number of hydrogen-bond acceptors (Lipinski definition) is 0. The van der Waals surface area contributed by atoms with Gasteiger partial charge in [0.1, 0.15) is 0 Å². The average molecular weight is 317 g/mol. The van der Waals surface area contributed by atoms with Crippen molar-refractivity contribution in [3.63, 3.8) is 0 Å². The second kappa shape index (κ2) is 4.80. The van der Waals surface area contributed by atoms with E-state index in [1.54, 1.807) is 11.1 Å². The van der Waals surface area contributed by atoms with E-state index < -0.39 is 13.3 Å². The van der Waals surface area contributed by atoms with Gasteiger partial charge in [0, 0.05) is 0 Å². The molecule has 19 heavy (non-hydrogen) atoms. The van der Waals surface area contributed by atoms with Crippen LogP contribution in [0.15, 0.2) is 43.3 Å². The van der Waals surface area contributed by atoms with Gasteiger partial charge in [-0.05, 0) is 0 Å². The molecule has 2 unspecified atom stereocenters. The maximum absolute atomic E-state index is 2.60. The van der Waals surface area contributed by atoms with Crippen molar-refractivity contribution in [3.05, 3.63) is 43.3 Å².